The predicted molar refractivity (Wildman–Crippen MR) is 98.6 cm³/mol. The molecule has 1 fully saturated rings. The molecule has 7 nitrogen and oxygen atoms in total. The largest absolute Gasteiger partial charge is 0.422 e. The van der Waals surface area contributed by atoms with Crippen LogP contribution in [0, 0.1) is 0 Å². The fourth-order valence-electron chi connectivity index (χ4n) is 3.01. The third-order valence-electron chi connectivity index (χ3n) is 4.37. The molecule has 2 heterocycles. The van der Waals surface area contributed by atoms with Crippen LogP contribution in [0.15, 0.2) is 60.8 Å². The second-order valence-electron chi connectivity index (χ2n) is 6.32. The smallest absolute Gasteiger partial charge is 0.365 e. The third-order valence-corrected chi connectivity index (χ3v) is 4.37. The topological polar surface area (TPSA) is 77.3 Å². The van der Waals surface area contributed by atoms with Crippen molar-refractivity contribution >= 4 is 17.6 Å². The molecule has 0 N–H and O–H groups in total. The zero-order chi connectivity index (χ0) is 18.6. The number of aromatic nitrogens is 3. The van der Waals surface area contributed by atoms with E-state index in [2.05, 4.69) is 10.3 Å². The number of ether oxygens (including phenoxy) is 1. The van der Waals surface area contributed by atoms with E-state index in [1.54, 1.807) is 40.0 Å². The monoisotopic (exact) mass is 362 g/mol. The molecule has 0 aliphatic carbocycles. The molecule has 7 heteroatoms. The molecule has 2 aromatic carbocycles. The van der Waals surface area contributed by atoms with Crippen LogP contribution in [0.4, 0.5) is 5.69 Å². The Balaban J connectivity index is 1.40. The zero-order valence-corrected chi connectivity index (χ0v) is 14.6. The normalized spacial score (nSPS) is 13.8. The minimum absolute atomic E-state index is 0.120. The molecule has 4 rings (SSSR count). The van der Waals surface area contributed by atoms with Crippen molar-refractivity contribution in [2.75, 3.05) is 11.4 Å². The number of amides is 1. The van der Waals surface area contributed by atoms with Crippen molar-refractivity contribution in [1.82, 2.24) is 15.0 Å². The molecule has 0 saturated carbocycles. The van der Waals surface area contributed by atoms with Crippen molar-refractivity contribution in [3.63, 3.8) is 0 Å². The van der Waals surface area contributed by atoms with Gasteiger partial charge in [-0.05, 0) is 36.2 Å². The van der Waals surface area contributed by atoms with E-state index in [0.29, 0.717) is 18.7 Å². The van der Waals surface area contributed by atoms with E-state index < -0.39 is 5.97 Å². The Morgan fingerprint density at radius 3 is 2.56 bits per heavy atom. The standard InChI is InChI=1S/C20H18N4O3/c25-19-7-4-12-24(19)16-8-10-17(11-9-16)27-20(26)18-14-23(22-21-18)13-15-5-2-1-3-6-15/h1-3,5-6,8-11,14H,4,7,12-13H2. The maximum atomic E-state index is 12.3. The quantitative estimate of drug-likeness (QED) is 0.515. The average Bonchev–Trinajstić information content (AvgIpc) is 3.32. The highest BCUT2D eigenvalue weighted by Crippen LogP contribution is 2.24. The van der Waals surface area contributed by atoms with Gasteiger partial charge < -0.3 is 9.64 Å². The van der Waals surface area contributed by atoms with Crippen molar-refractivity contribution in [3.8, 4) is 5.75 Å². The van der Waals surface area contributed by atoms with Crippen LogP contribution in [0.5, 0.6) is 5.75 Å². The van der Waals surface area contributed by atoms with Crippen LogP contribution in [0.1, 0.15) is 28.9 Å². The highest BCUT2D eigenvalue weighted by Gasteiger charge is 2.21. The van der Waals surface area contributed by atoms with Gasteiger partial charge in [0.2, 0.25) is 5.91 Å². The summed E-state index contributed by atoms with van der Waals surface area (Å²) in [4.78, 5) is 25.8. The molecule has 1 amide bonds. The van der Waals surface area contributed by atoms with E-state index >= 15 is 0 Å². The molecular weight excluding hydrogens is 344 g/mol. The third kappa shape index (κ3) is 3.87. The highest BCUT2D eigenvalue weighted by atomic mass is 16.5. The number of hydrogen-bond acceptors (Lipinski definition) is 5. The van der Waals surface area contributed by atoms with E-state index in [-0.39, 0.29) is 11.6 Å². The number of anilines is 1. The second kappa shape index (κ2) is 7.41. The lowest BCUT2D eigenvalue weighted by Gasteiger charge is -2.15. The molecule has 0 bridgehead atoms. The molecule has 1 aromatic heterocycles. The second-order valence-corrected chi connectivity index (χ2v) is 6.32. The first-order valence-electron chi connectivity index (χ1n) is 8.76. The van der Waals surface area contributed by atoms with Gasteiger partial charge in [0.25, 0.3) is 0 Å². The van der Waals surface area contributed by atoms with Gasteiger partial charge in [-0.25, -0.2) is 9.48 Å². The number of rotatable bonds is 5. The Hall–Kier alpha value is -3.48. The van der Waals surface area contributed by atoms with Gasteiger partial charge >= 0.3 is 5.97 Å². The van der Waals surface area contributed by atoms with Crippen molar-refractivity contribution < 1.29 is 14.3 Å². The Kier molecular flexibility index (Phi) is 4.65. The lowest BCUT2D eigenvalue weighted by atomic mass is 10.2. The molecular formula is C20H18N4O3. The molecule has 27 heavy (non-hydrogen) atoms. The fourth-order valence-corrected chi connectivity index (χ4v) is 3.01. The van der Waals surface area contributed by atoms with Crippen LogP contribution in [0.3, 0.4) is 0 Å². The van der Waals surface area contributed by atoms with E-state index in [1.165, 1.54) is 0 Å². The van der Waals surface area contributed by atoms with Gasteiger partial charge in [-0.2, -0.15) is 0 Å². The van der Waals surface area contributed by atoms with E-state index in [1.807, 2.05) is 30.3 Å². The van der Waals surface area contributed by atoms with Crippen molar-refractivity contribution in [2.45, 2.75) is 19.4 Å². The maximum absolute atomic E-state index is 12.3. The Labute approximate surface area is 156 Å². The summed E-state index contributed by atoms with van der Waals surface area (Å²) >= 11 is 0. The highest BCUT2D eigenvalue weighted by molar-refractivity contribution is 5.95. The van der Waals surface area contributed by atoms with Gasteiger partial charge in [0, 0.05) is 18.7 Å². The Bertz CT molecular complexity index is 951. The zero-order valence-electron chi connectivity index (χ0n) is 14.6. The molecule has 1 aliphatic rings. The first-order chi connectivity index (χ1) is 13.2. The predicted octanol–water partition coefficient (Wildman–Crippen LogP) is 2.67. The SMILES string of the molecule is O=C(Oc1ccc(N2CCCC2=O)cc1)c1cn(Cc2ccccc2)nn1. The average molecular weight is 362 g/mol. The van der Waals surface area contributed by atoms with E-state index in [9.17, 15) is 9.59 Å². The number of carbonyl (C=O) groups excluding carboxylic acids is 2. The summed E-state index contributed by atoms with van der Waals surface area (Å²) in [7, 11) is 0. The van der Waals surface area contributed by atoms with E-state index in [0.717, 1.165) is 24.2 Å². The summed E-state index contributed by atoms with van der Waals surface area (Å²) in [6, 6.07) is 16.7. The molecule has 0 unspecified atom stereocenters. The fraction of sp³-hybridized carbons (Fsp3) is 0.200. The van der Waals surface area contributed by atoms with Gasteiger partial charge in [-0.1, -0.05) is 35.5 Å². The Morgan fingerprint density at radius 2 is 1.85 bits per heavy atom. The van der Waals surface area contributed by atoms with Crippen LogP contribution in [0.2, 0.25) is 0 Å². The molecule has 3 aromatic rings. The van der Waals surface area contributed by atoms with Crippen molar-refractivity contribution in [2.24, 2.45) is 0 Å². The minimum Gasteiger partial charge on any atom is -0.422 e. The molecule has 0 atom stereocenters. The molecule has 1 saturated heterocycles. The summed E-state index contributed by atoms with van der Waals surface area (Å²) in [5.41, 5.74) is 2.02. The summed E-state index contributed by atoms with van der Waals surface area (Å²) in [6.07, 6.45) is 3.01. The van der Waals surface area contributed by atoms with Crippen molar-refractivity contribution in [3.05, 3.63) is 72.1 Å². The summed E-state index contributed by atoms with van der Waals surface area (Å²) in [5.74, 6) is -0.0536. The number of benzene rings is 2. The van der Waals surface area contributed by atoms with Crippen LogP contribution in [0.25, 0.3) is 0 Å². The van der Waals surface area contributed by atoms with Crippen molar-refractivity contribution in [1.29, 1.82) is 0 Å². The van der Waals surface area contributed by atoms with Gasteiger partial charge in [-0.15, -0.1) is 5.10 Å². The van der Waals surface area contributed by atoms with Gasteiger partial charge in [-0.3, -0.25) is 4.79 Å². The minimum atomic E-state index is -0.570. The first kappa shape index (κ1) is 17.0. The number of hydrogen-bond donors (Lipinski definition) is 0. The van der Waals surface area contributed by atoms with E-state index in [4.69, 9.17) is 4.74 Å². The molecule has 136 valence electrons. The van der Waals surface area contributed by atoms with Gasteiger partial charge in [0.05, 0.1) is 12.7 Å². The van der Waals surface area contributed by atoms with Gasteiger partial charge in [0.1, 0.15) is 5.75 Å². The number of carbonyl (C=O) groups is 2. The van der Waals surface area contributed by atoms with Crippen LogP contribution in [-0.4, -0.2) is 33.4 Å². The lowest BCUT2D eigenvalue weighted by molar-refractivity contribution is -0.117. The first-order valence-corrected chi connectivity index (χ1v) is 8.76. The summed E-state index contributed by atoms with van der Waals surface area (Å²) in [6.45, 7) is 1.25. The lowest BCUT2D eigenvalue weighted by Crippen LogP contribution is -2.23. The van der Waals surface area contributed by atoms with Crippen LogP contribution < -0.4 is 9.64 Å². The Morgan fingerprint density at radius 1 is 1.07 bits per heavy atom. The van der Waals surface area contributed by atoms with Gasteiger partial charge in [0.15, 0.2) is 5.69 Å². The molecule has 0 radical (unpaired) electrons. The molecule has 0 spiro atoms. The van der Waals surface area contributed by atoms with Crippen LogP contribution in [-0.2, 0) is 11.3 Å². The number of esters is 1. The maximum Gasteiger partial charge on any atom is 0.365 e. The molecule has 1 aliphatic heterocycles. The summed E-state index contributed by atoms with van der Waals surface area (Å²) in [5, 5.41) is 7.86. The van der Waals surface area contributed by atoms with Crippen LogP contribution >= 0.6 is 0 Å². The summed E-state index contributed by atoms with van der Waals surface area (Å²) < 4.78 is 6.94. The number of nitrogens with zero attached hydrogens (tertiary/aromatic N) is 4.